The van der Waals surface area contributed by atoms with Crippen molar-refractivity contribution in [3.63, 3.8) is 0 Å². The first-order valence-electron chi connectivity index (χ1n) is 2.20. The first-order valence-corrected chi connectivity index (χ1v) is 2.20. The predicted octanol–water partition coefficient (Wildman–Crippen LogP) is -1.94. The van der Waals surface area contributed by atoms with Gasteiger partial charge >= 0.3 is 23.1 Å². The molecule has 0 unspecified atom stereocenters. The van der Waals surface area contributed by atoms with Crippen molar-refractivity contribution in [2.24, 2.45) is 0 Å². The van der Waals surface area contributed by atoms with Crippen LogP contribution in [0.4, 0.5) is 17.6 Å². The molecular formula is C5BrF4MgN. The van der Waals surface area contributed by atoms with Crippen LogP contribution in [-0.4, -0.2) is 28.0 Å². The van der Waals surface area contributed by atoms with E-state index in [9.17, 15) is 17.6 Å². The van der Waals surface area contributed by atoms with Crippen molar-refractivity contribution in [3.05, 3.63) is 29.6 Å². The van der Waals surface area contributed by atoms with Crippen LogP contribution in [0.15, 0.2) is 0 Å². The molecule has 0 fully saturated rings. The second-order valence-corrected chi connectivity index (χ2v) is 1.45. The third-order valence-electron chi connectivity index (χ3n) is 0.778. The topological polar surface area (TPSA) is 12.9 Å². The monoisotopic (exact) mass is 253 g/mol. The largest absolute Gasteiger partial charge is 2.00 e. The molecule has 7 heteroatoms. The normalized spacial score (nSPS) is 8.33. The van der Waals surface area contributed by atoms with Gasteiger partial charge in [0, 0.05) is 0 Å². The van der Waals surface area contributed by atoms with E-state index in [0.717, 1.165) is 6.07 Å². The average Bonchev–Trinajstić information content (AvgIpc) is 1.84. The molecule has 12 heavy (non-hydrogen) atoms. The fourth-order valence-electron chi connectivity index (χ4n) is 0.384. The molecule has 0 aliphatic carbocycles. The van der Waals surface area contributed by atoms with Gasteiger partial charge in [0.2, 0.25) is 0 Å². The van der Waals surface area contributed by atoms with Gasteiger partial charge in [-0.3, -0.25) is 8.78 Å². The van der Waals surface area contributed by atoms with E-state index in [-0.39, 0.29) is 40.0 Å². The molecule has 1 aromatic heterocycles. The molecule has 1 aromatic rings. The van der Waals surface area contributed by atoms with Crippen molar-refractivity contribution in [2.45, 2.75) is 0 Å². The molecule has 0 aliphatic heterocycles. The SMILES string of the molecule is Fc1[c-]c(F)c(F)nc1F.[Br-].[Mg+2]. The zero-order chi connectivity index (χ0) is 7.72. The van der Waals surface area contributed by atoms with E-state index in [1.807, 2.05) is 0 Å². The Morgan fingerprint density at radius 3 is 1.50 bits per heavy atom. The van der Waals surface area contributed by atoms with E-state index in [1.54, 1.807) is 0 Å². The summed E-state index contributed by atoms with van der Waals surface area (Å²) >= 11 is 0. The molecule has 0 aliphatic rings. The number of aromatic nitrogens is 1. The van der Waals surface area contributed by atoms with Gasteiger partial charge in [0.15, 0.2) is 0 Å². The van der Waals surface area contributed by atoms with E-state index in [2.05, 4.69) is 4.98 Å². The first-order chi connectivity index (χ1) is 4.61. The molecule has 0 amide bonds. The maximum atomic E-state index is 11.9. The van der Waals surface area contributed by atoms with E-state index < -0.39 is 23.5 Å². The van der Waals surface area contributed by atoms with Gasteiger partial charge in [-0.15, -0.1) is 0 Å². The maximum absolute atomic E-state index is 11.9. The second-order valence-electron chi connectivity index (χ2n) is 1.45. The quantitative estimate of drug-likeness (QED) is 0.227. The van der Waals surface area contributed by atoms with Crippen molar-refractivity contribution >= 4 is 23.1 Å². The Labute approximate surface area is 92.1 Å². The fourth-order valence-corrected chi connectivity index (χ4v) is 0.384. The molecule has 0 radical (unpaired) electrons. The van der Waals surface area contributed by atoms with Crippen molar-refractivity contribution < 1.29 is 34.5 Å². The molecule has 0 saturated carbocycles. The number of hydrogen-bond donors (Lipinski definition) is 0. The summed E-state index contributed by atoms with van der Waals surface area (Å²) in [6.45, 7) is 0. The zero-order valence-electron chi connectivity index (χ0n) is 5.54. The van der Waals surface area contributed by atoms with Gasteiger partial charge in [-0.25, -0.2) is 8.78 Å². The first kappa shape index (κ1) is 14.6. The molecule has 1 heterocycles. The summed E-state index contributed by atoms with van der Waals surface area (Å²) in [6, 6.07) is 1.16. The van der Waals surface area contributed by atoms with Gasteiger partial charge in [-0.05, 0) is 0 Å². The molecule has 0 atom stereocenters. The maximum Gasteiger partial charge on any atom is 2.00 e. The summed E-state index contributed by atoms with van der Waals surface area (Å²) in [5, 5.41) is 0. The minimum absolute atomic E-state index is 0. The standard InChI is InChI=1S/C5F4N.BrH.Mg/c6-2-1-3(7)5(9)10-4(2)8;;/h;1H;/q-1;;+2/p-1. The van der Waals surface area contributed by atoms with Crippen LogP contribution >= 0.6 is 0 Å². The Hall–Kier alpha value is 0.116. The molecule has 0 spiro atoms. The Morgan fingerprint density at radius 1 is 0.917 bits per heavy atom. The van der Waals surface area contributed by atoms with E-state index >= 15 is 0 Å². The van der Waals surface area contributed by atoms with Crippen molar-refractivity contribution in [1.82, 2.24) is 4.98 Å². The van der Waals surface area contributed by atoms with Crippen LogP contribution in [0, 0.1) is 29.6 Å². The second kappa shape index (κ2) is 5.71. The van der Waals surface area contributed by atoms with Gasteiger partial charge in [0.1, 0.15) is 11.9 Å². The van der Waals surface area contributed by atoms with Crippen LogP contribution in [0.5, 0.6) is 0 Å². The molecular weight excluding hydrogens is 254 g/mol. The summed E-state index contributed by atoms with van der Waals surface area (Å²) in [5.41, 5.74) is 0. The zero-order valence-corrected chi connectivity index (χ0v) is 8.54. The predicted molar refractivity (Wildman–Crippen MR) is 28.7 cm³/mol. The van der Waals surface area contributed by atoms with Crippen molar-refractivity contribution in [3.8, 4) is 0 Å². The molecule has 0 N–H and O–H groups in total. The van der Waals surface area contributed by atoms with Gasteiger partial charge < -0.3 is 22.0 Å². The number of hydrogen-bond acceptors (Lipinski definition) is 1. The van der Waals surface area contributed by atoms with Crippen LogP contribution in [0.25, 0.3) is 0 Å². The Morgan fingerprint density at radius 2 is 1.25 bits per heavy atom. The van der Waals surface area contributed by atoms with Crippen LogP contribution in [0.3, 0.4) is 0 Å². The molecule has 1 rings (SSSR count). The Kier molecular flexibility index (Phi) is 6.96. The van der Waals surface area contributed by atoms with E-state index in [4.69, 9.17) is 0 Å². The summed E-state index contributed by atoms with van der Waals surface area (Å²) in [7, 11) is 0. The Bertz CT molecular complexity index is 220. The van der Waals surface area contributed by atoms with Crippen LogP contribution in [0.1, 0.15) is 0 Å². The van der Waals surface area contributed by atoms with Gasteiger partial charge in [-0.2, -0.15) is 0 Å². The summed E-state index contributed by atoms with van der Waals surface area (Å²) in [6.07, 6.45) is 0. The molecule has 0 aromatic carbocycles. The average molecular weight is 254 g/mol. The minimum atomic E-state index is -1.70. The number of pyridine rings is 1. The van der Waals surface area contributed by atoms with Crippen molar-refractivity contribution in [1.29, 1.82) is 0 Å². The number of rotatable bonds is 0. The third kappa shape index (κ3) is 3.24. The van der Waals surface area contributed by atoms with Gasteiger partial charge in [0.05, 0.1) is 11.6 Å². The third-order valence-corrected chi connectivity index (χ3v) is 0.778. The summed E-state index contributed by atoms with van der Waals surface area (Å²) in [4.78, 5) is 2.26. The van der Waals surface area contributed by atoms with Gasteiger partial charge in [-0.1, -0.05) is 6.07 Å². The smallest absolute Gasteiger partial charge is 1.00 e. The minimum Gasteiger partial charge on any atom is -1.00 e. The molecule has 62 valence electrons. The molecule has 0 bridgehead atoms. The Balaban J connectivity index is 0. The molecule has 1 nitrogen and oxygen atoms in total. The van der Waals surface area contributed by atoms with Gasteiger partial charge in [0.25, 0.3) is 0 Å². The van der Waals surface area contributed by atoms with E-state index in [1.165, 1.54) is 0 Å². The van der Waals surface area contributed by atoms with Crippen LogP contribution in [0.2, 0.25) is 0 Å². The van der Waals surface area contributed by atoms with Crippen LogP contribution < -0.4 is 17.0 Å². The van der Waals surface area contributed by atoms with E-state index in [0.29, 0.717) is 0 Å². The van der Waals surface area contributed by atoms with Crippen LogP contribution in [-0.2, 0) is 0 Å². The number of halogens is 5. The number of nitrogens with zero attached hydrogens (tertiary/aromatic N) is 1. The summed E-state index contributed by atoms with van der Waals surface area (Å²) in [5.74, 6) is -6.64. The summed E-state index contributed by atoms with van der Waals surface area (Å²) < 4.78 is 47.4. The fraction of sp³-hybridized carbons (Fsp3) is 0. The molecule has 0 saturated heterocycles. The van der Waals surface area contributed by atoms with Crippen molar-refractivity contribution in [2.75, 3.05) is 0 Å².